The average molecular weight is 331 g/mol. The van der Waals surface area contributed by atoms with Gasteiger partial charge in [0.15, 0.2) is 0 Å². The predicted molar refractivity (Wildman–Crippen MR) is 81.3 cm³/mol. The first-order valence-corrected chi connectivity index (χ1v) is 6.83. The zero-order chi connectivity index (χ0) is 17.4. The van der Waals surface area contributed by atoms with Gasteiger partial charge in [0.25, 0.3) is 5.69 Å². The maximum Gasteiger partial charge on any atom is 0.516 e. The van der Waals surface area contributed by atoms with Gasteiger partial charge in [-0.2, -0.15) is 0 Å². The molecule has 0 radical (unpaired) electrons. The van der Waals surface area contributed by atoms with Gasteiger partial charge in [0.2, 0.25) is 6.79 Å². The molecule has 8 nitrogen and oxygen atoms in total. The van der Waals surface area contributed by atoms with Crippen molar-refractivity contribution in [3.8, 4) is 5.75 Å². The highest BCUT2D eigenvalue weighted by Gasteiger charge is 2.10. The summed E-state index contributed by atoms with van der Waals surface area (Å²) in [5, 5.41) is 10.5. The smallest absolute Gasteiger partial charge is 0.427 e. The summed E-state index contributed by atoms with van der Waals surface area (Å²) in [5.74, 6) is -0.481. The Hall–Kier alpha value is -3.42. The molecule has 0 unspecified atom stereocenters. The van der Waals surface area contributed by atoms with Gasteiger partial charge in [0.05, 0.1) is 11.3 Å². The molecule has 124 valence electrons. The summed E-state index contributed by atoms with van der Waals surface area (Å²) in [6.07, 6.45) is -1.03. The molecule has 24 heavy (non-hydrogen) atoms. The van der Waals surface area contributed by atoms with Crippen molar-refractivity contribution in [1.29, 1.82) is 0 Å². The van der Waals surface area contributed by atoms with Crippen LogP contribution in [0.2, 0.25) is 0 Å². The third-order valence-corrected chi connectivity index (χ3v) is 2.84. The number of hydrogen-bond donors (Lipinski definition) is 0. The van der Waals surface area contributed by atoms with Gasteiger partial charge in [0.1, 0.15) is 5.75 Å². The van der Waals surface area contributed by atoms with Gasteiger partial charge in [-0.05, 0) is 17.7 Å². The van der Waals surface area contributed by atoms with Crippen LogP contribution in [0.1, 0.15) is 5.56 Å². The second-order valence-corrected chi connectivity index (χ2v) is 4.54. The highest BCUT2D eigenvalue weighted by molar-refractivity contribution is 5.72. The van der Waals surface area contributed by atoms with Crippen LogP contribution >= 0.6 is 0 Å². The molecule has 2 aromatic carbocycles. The number of ether oxygens (including phenoxy) is 3. The number of non-ortho nitro benzene ring substituents is 1. The van der Waals surface area contributed by atoms with Crippen LogP contribution in [0.4, 0.5) is 10.5 Å². The van der Waals surface area contributed by atoms with E-state index < -0.39 is 23.8 Å². The van der Waals surface area contributed by atoms with Crippen molar-refractivity contribution in [3.05, 3.63) is 70.3 Å². The van der Waals surface area contributed by atoms with E-state index in [-0.39, 0.29) is 17.9 Å². The lowest BCUT2D eigenvalue weighted by molar-refractivity contribution is -0.384. The fraction of sp³-hybridized carbons (Fsp3) is 0.125. The number of esters is 1. The number of benzene rings is 2. The van der Waals surface area contributed by atoms with E-state index in [0.717, 1.165) is 5.56 Å². The molecule has 0 N–H and O–H groups in total. The number of nitro benzene ring substituents is 1. The quantitative estimate of drug-likeness (QED) is 0.263. The lowest BCUT2D eigenvalue weighted by Crippen LogP contribution is -2.16. The van der Waals surface area contributed by atoms with Crippen molar-refractivity contribution in [2.45, 2.75) is 6.42 Å². The van der Waals surface area contributed by atoms with E-state index in [1.807, 2.05) is 6.07 Å². The summed E-state index contributed by atoms with van der Waals surface area (Å²) < 4.78 is 14.1. The molecule has 0 bridgehead atoms. The fourth-order valence-electron chi connectivity index (χ4n) is 1.72. The van der Waals surface area contributed by atoms with E-state index in [0.29, 0.717) is 0 Å². The van der Waals surface area contributed by atoms with Crippen LogP contribution in [-0.4, -0.2) is 23.8 Å². The monoisotopic (exact) mass is 331 g/mol. The van der Waals surface area contributed by atoms with Crippen molar-refractivity contribution in [3.63, 3.8) is 0 Å². The van der Waals surface area contributed by atoms with Crippen LogP contribution in [0.3, 0.4) is 0 Å². The van der Waals surface area contributed by atoms with Crippen molar-refractivity contribution in [1.82, 2.24) is 0 Å². The maximum absolute atomic E-state index is 11.5. The minimum Gasteiger partial charge on any atom is -0.427 e. The third-order valence-electron chi connectivity index (χ3n) is 2.84. The molecule has 0 saturated carbocycles. The molecule has 8 heteroatoms. The summed E-state index contributed by atoms with van der Waals surface area (Å²) >= 11 is 0. The summed E-state index contributed by atoms with van der Waals surface area (Å²) in [7, 11) is 0. The second kappa shape index (κ2) is 8.28. The standard InChI is InChI=1S/C16H13NO7/c18-15(10-12-4-2-1-3-5-12)22-11-23-16(19)24-14-8-6-13(7-9-14)17(20)21/h1-9H,10-11H2. The summed E-state index contributed by atoms with van der Waals surface area (Å²) in [6.45, 7) is -0.586. The Kier molecular flexibility index (Phi) is 5.84. The van der Waals surface area contributed by atoms with Crippen molar-refractivity contribution in [2.24, 2.45) is 0 Å². The summed E-state index contributed by atoms with van der Waals surface area (Å²) in [4.78, 5) is 32.9. The molecule has 0 aliphatic rings. The van der Waals surface area contributed by atoms with E-state index in [4.69, 9.17) is 9.47 Å². The van der Waals surface area contributed by atoms with Crippen molar-refractivity contribution in [2.75, 3.05) is 6.79 Å². The van der Waals surface area contributed by atoms with Gasteiger partial charge in [-0.1, -0.05) is 30.3 Å². The molecule has 0 fully saturated rings. The topological polar surface area (TPSA) is 105 Å². The van der Waals surface area contributed by atoms with Crippen LogP contribution in [-0.2, 0) is 20.7 Å². The Morgan fingerprint density at radius 1 is 0.958 bits per heavy atom. The molecule has 0 aromatic heterocycles. The van der Waals surface area contributed by atoms with Gasteiger partial charge in [-0.15, -0.1) is 0 Å². The van der Waals surface area contributed by atoms with Gasteiger partial charge in [0, 0.05) is 12.1 Å². The van der Waals surface area contributed by atoms with Crippen LogP contribution in [0, 0.1) is 10.1 Å². The number of nitrogens with zero attached hydrogens (tertiary/aromatic N) is 1. The molecule has 0 heterocycles. The average Bonchev–Trinajstić information content (AvgIpc) is 2.56. The molecule has 0 spiro atoms. The van der Waals surface area contributed by atoms with Gasteiger partial charge in [-0.3, -0.25) is 14.9 Å². The van der Waals surface area contributed by atoms with Crippen molar-refractivity contribution >= 4 is 17.8 Å². The van der Waals surface area contributed by atoms with Crippen LogP contribution in [0.15, 0.2) is 54.6 Å². The first-order chi connectivity index (χ1) is 11.5. The van der Waals surface area contributed by atoms with Gasteiger partial charge in [-0.25, -0.2) is 4.79 Å². The normalized spacial score (nSPS) is 9.83. The Morgan fingerprint density at radius 3 is 2.25 bits per heavy atom. The molecule has 0 aliphatic carbocycles. The molecule has 2 aromatic rings. The molecular formula is C16H13NO7. The zero-order valence-electron chi connectivity index (χ0n) is 12.4. The van der Waals surface area contributed by atoms with Crippen LogP contribution in [0.25, 0.3) is 0 Å². The molecule has 2 rings (SSSR count). The fourth-order valence-corrected chi connectivity index (χ4v) is 1.72. The predicted octanol–water partition coefficient (Wildman–Crippen LogP) is 2.85. The molecule has 0 saturated heterocycles. The number of hydrogen-bond acceptors (Lipinski definition) is 7. The SMILES string of the molecule is O=C(Cc1ccccc1)OCOC(=O)Oc1ccc([N+](=O)[O-])cc1. The first-order valence-electron chi connectivity index (χ1n) is 6.83. The van der Waals surface area contributed by atoms with E-state index in [9.17, 15) is 19.7 Å². The number of carbonyl (C=O) groups is 2. The van der Waals surface area contributed by atoms with Gasteiger partial charge >= 0.3 is 12.1 Å². The zero-order valence-corrected chi connectivity index (χ0v) is 12.4. The number of carbonyl (C=O) groups excluding carboxylic acids is 2. The minimum atomic E-state index is -1.09. The van der Waals surface area contributed by atoms with Gasteiger partial charge < -0.3 is 14.2 Å². The minimum absolute atomic E-state index is 0.0571. The second-order valence-electron chi connectivity index (χ2n) is 4.54. The molecular weight excluding hydrogens is 318 g/mol. The maximum atomic E-state index is 11.5. The Bertz CT molecular complexity index is 713. The lowest BCUT2D eigenvalue weighted by Gasteiger charge is -2.07. The lowest BCUT2D eigenvalue weighted by atomic mass is 10.2. The van der Waals surface area contributed by atoms with E-state index in [1.165, 1.54) is 24.3 Å². The highest BCUT2D eigenvalue weighted by atomic mass is 16.8. The van der Waals surface area contributed by atoms with E-state index in [2.05, 4.69) is 4.74 Å². The summed E-state index contributed by atoms with van der Waals surface area (Å²) in [5.41, 5.74) is 0.640. The number of rotatable bonds is 6. The van der Waals surface area contributed by atoms with Crippen molar-refractivity contribution < 1.29 is 28.7 Å². The molecule has 0 aliphatic heterocycles. The number of nitro groups is 1. The Balaban J connectivity index is 1.71. The largest absolute Gasteiger partial charge is 0.516 e. The third kappa shape index (κ3) is 5.41. The first kappa shape index (κ1) is 16.9. The molecule has 0 amide bonds. The van der Waals surface area contributed by atoms with Crippen LogP contribution < -0.4 is 4.74 Å². The Labute approximate surface area is 136 Å². The van der Waals surface area contributed by atoms with E-state index in [1.54, 1.807) is 24.3 Å². The Morgan fingerprint density at radius 2 is 1.62 bits per heavy atom. The summed E-state index contributed by atoms with van der Waals surface area (Å²) in [6, 6.07) is 13.8. The van der Waals surface area contributed by atoms with E-state index >= 15 is 0 Å². The molecule has 0 atom stereocenters. The van der Waals surface area contributed by atoms with Crippen LogP contribution in [0.5, 0.6) is 5.75 Å². The highest BCUT2D eigenvalue weighted by Crippen LogP contribution is 2.17.